The molecule has 0 fully saturated rings. The Morgan fingerprint density at radius 3 is 2.94 bits per heavy atom. The molecule has 0 aliphatic rings. The third-order valence-electron chi connectivity index (χ3n) is 2.29. The summed E-state index contributed by atoms with van der Waals surface area (Å²) in [6.07, 6.45) is 3.00. The second-order valence-electron chi connectivity index (χ2n) is 3.43. The first-order valence-electron chi connectivity index (χ1n) is 5.06. The maximum atomic E-state index is 5.90. The summed E-state index contributed by atoms with van der Waals surface area (Å²) in [5, 5.41) is 3.42. The van der Waals surface area contributed by atoms with Gasteiger partial charge in [-0.1, -0.05) is 11.6 Å². The highest BCUT2D eigenvalue weighted by Gasteiger charge is 2.14. The summed E-state index contributed by atoms with van der Waals surface area (Å²) < 4.78 is 10.4. The van der Waals surface area contributed by atoms with Crippen molar-refractivity contribution in [2.45, 2.75) is 13.0 Å². The van der Waals surface area contributed by atoms with E-state index in [1.54, 1.807) is 6.26 Å². The SMILES string of the molecule is COc1c(Cl)ncnc1NC(C)c1ccco1. The molecule has 6 heteroatoms. The fraction of sp³-hybridized carbons (Fsp3) is 0.273. The lowest BCUT2D eigenvalue weighted by molar-refractivity contribution is 0.411. The van der Waals surface area contributed by atoms with Crippen LogP contribution in [-0.2, 0) is 0 Å². The number of anilines is 1. The van der Waals surface area contributed by atoms with Gasteiger partial charge in [0.1, 0.15) is 12.1 Å². The maximum Gasteiger partial charge on any atom is 0.198 e. The quantitative estimate of drug-likeness (QED) is 0.849. The summed E-state index contributed by atoms with van der Waals surface area (Å²) in [5.41, 5.74) is 0. The lowest BCUT2D eigenvalue weighted by Crippen LogP contribution is -2.08. The van der Waals surface area contributed by atoms with Crippen LogP contribution >= 0.6 is 11.6 Å². The van der Waals surface area contributed by atoms with Gasteiger partial charge in [0.05, 0.1) is 19.4 Å². The van der Waals surface area contributed by atoms with E-state index in [4.69, 9.17) is 20.8 Å². The number of ether oxygens (including phenoxy) is 1. The second kappa shape index (κ2) is 5.05. The average Bonchev–Trinajstić information content (AvgIpc) is 2.82. The van der Waals surface area contributed by atoms with Crippen molar-refractivity contribution in [3.05, 3.63) is 35.6 Å². The topological polar surface area (TPSA) is 60.2 Å². The van der Waals surface area contributed by atoms with Gasteiger partial charge in [0.15, 0.2) is 16.7 Å². The van der Waals surface area contributed by atoms with Gasteiger partial charge in [0, 0.05) is 0 Å². The Hall–Kier alpha value is -1.75. The van der Waals surface area contributed by atoms with Crippen LogP contribution in [0.2, 0.25) is 5.15 Å². The monoisotopic (exact) mass is 253 g/mol. The van der Waals surface area contributed by atoms with Gasteiger partial charge in [-0.15, -0.1) is 0 Å². The first kappa shape index (κ1) is 11.7. The van der Waals surface area contributed by atoms with Crippen LogP contribution in [0.3, 0.4) is 0 Å². The van der Waals surface area contributed by atoms with Gasteiger partial charge in [0.2, 0.25) is 0 Å². The zero-order valence-corrected chi connectivity index (χ0v) is 10.2. The van der Waals surface area contributed by atoms with Crippen LogP contribution in [0.4, 0.5) is 5.82 Å². The number of furan rings is 1. The van der Waals surface area contributed by atoms with E-state index in [1.807, 2.05) is 19.1 Å². The fourth-order valence-electron chi connectivity index (χ4n) is 1.45. The van der Waals surface area contributed by atoms with Crippen molar-refractivity contribution < 1.29 is 9.15 Å². The molecule has 1 N–H and O–H groups in total. The van der Waals surface area contributed by atoms with Gasteiger partial charge in [-0.3, -0.25) is 0 Å². The fourth-order valence-corrected chi connectivity index (χ4v) is 1.66. The predicted octanol–water partition coefficient (Wildman–Crippen LogP) is 2.90. The molecule has 90 valence electrons. The molecule has 0 spiro atoms. The Bertz CT molecular complexity index is 487. The zero-order chi connectivity index (χ0) is 12.3. The van der Waals surface area contributed by atoms with Gasteiger partial charge >= 0.3 is 0 Å². The summed E-state index contributed by atoms with van der Waals surface area (Å²) in [4.78, 5) is 7.93. The molecule has 2 aromatic rings. The van der Waals surface area contributed by atoms with E-state index in [0.29, 0.717) is 11.6 Å². The minimum Gasteiger partial charge on any atom is -0.490 e. The van der Waals surface area contributed by atoms with Gasteiger partial charge in [0.25, 0.3) is 0 Å². The Morgan fingerprint density at radius 2 is 2.29 bits per heavy atom. The molecule has 2 heterocycles. The van der Waals surface area contributed by atoms with Gasteiger partial charge in [-0.2, -0.15) is 0 Å². The largest absolute Gasteiger partial charge is 0.490 e. The van der Waals surface area contributed by atoms with Crippen LogP contribution in [0.25, 0.3) is 0 Å². The lowest BCUT2D eigenvalue weighted by atomic mass is 10.2. The standard InChI is InChI=1S/C11H12ClN3O2/c1-7(8-4-3-5-17-8)15-11-9(16-2)10(12)13-6-14-11/h3-7H,1-2H3,(H,13,14,15). The second-order valence-corrected chi connectivity index (χ2v) is 3.79. The molecule has 5 nitrogen and oxygen atoms in total. The number of methoxy groups -OCH3 is 1. The van der Waals surface area contributed by atoms with Gasteiger partial charge in [-0.05, 0) is 19.1 Å². The highest BCUT2D eigenvalue weighted by atomic mass is 35.5. The van der Waals surface area contributed by atoms with Crippen molar-refractivity contribution in [3.8, 4) is 5.75 Å². The van der Waals surface area contributed by atoms with Crippen LogP contribution in [0.15, 0.2) is 29.1 Å². The highest BCUT2D eigenvalue weighted by Crippen LogP contribution is 2.30. The van der Waals surface area contributed by atoms with Crippen molar-refractivity contribution in [2.24, 2.45) is 0 Å². The van der Waals surface area contributed by atoms with Crippen LogP contribution in [0.5, 0.6) is 5.75 Å². The van der Waals surface area contributed by atoms with E-state index >= 15 is 0 Å². The van der Waals surface area contributed by atoms with E-state index < -0.39 is 0 Å². The van der Waals surface area contributed by atoms with E-state index in [9.17, 15) is 0 Å². The van der Waals surface area contributed by atoms with Crippen LogP contribution in [0.1, 0.15) is 18.7 Å². The minimum atomic E-state index is -0.0372. The van der Waals surface area contributed by atoms with Gasteiger partial charge < -0.3 is 14.5 Å². The molecule has 0 aliphatic carbocycles. The molecule has 0 amide bonds. The van der Waals surface area contributed by atoms with Crippen molar-refractivity contribution in [1.29, 1.82) is 0 Å². The molecular weight excluding hydrogens is 242 g/mol. The molecule has 1 atom stereocenters. The Balaban J connectivity index is 2.21. The van der Waals surface area contributed by atoms with E-state index in [0.717, 1.165) is 5.76 Å². The minimum absolute atomic E-state index is 0.0372. The molecule has 0 radical (unpaired) electrons. The molecular formula is C11H12ClN3O2. The molecule has 2 rings (SSSR count). The average molecular weight is 254 g/mol. The summed E-state index contributed by atoms with van der Waals surface area (Å²) in [5.74, 6) is 1.77. The first-order valence-corrected chi connectivity index (χ1v) is 5.44. The number of aromatic nitrogens is 2. The van der Waals surface area contributed by atoms with Crippen molar-refractivity contribution in [1.82, 2.24) is 9.97 Å². The summed E-state index contributed by atoms with van der Waals surface area (Å²) in [6.45, 7) is 1.95. The van der Waals surface area contributed by atoms with Crippen LogP contribution < -0.4 is 10.1 Å². The number of halogens is 1. The van der Waals surface area contributed by atoms with E-state index in [2.05, 4.69) is 15.3 Å². The third kappa shape index (κ3) is 2.50. The van der Waals surface area contributed by atoms with Crippen molar-refractivity contribution in [3.63, 3.8) is 0 Å². The molecule has 2 aromatic heterocycles. The Morgan fingerprint density at radius 1 is 1.47 bits per heavy atom. The number of hydrogen-bond acceptors (Lipinski definition) is 5. The molecule has 0 saturated heterocycles. The van der Waals surface area contributed by atoms with Crippen molar-refractivity contribution >= 4 is 17.4 Å². The van der Waals surface area contributed by atoms with Gasteiger partial charge in [-0.25, -0.2) is 9.97 Å². The van der Waals surface area contributed by atoms with E-state index in [1.165, 1.54) is 13.4 Å². The Kier molecular flexibility index (Phi) is 3.49. The highest BCUT2D eigenvalue weighted by molar-refractivity contribution is 6.31. The molecule has 1 unspecified atom stereocenters. The zero-order valence-electron chi connectivity index (χ0n) is 9.48. The molecule has 0 bridgehead atoms. The maximum absolute atomic E-state index is 5.90. The molecule has 17 heavy (non-hydrogen) atoms. The third-order valence-corrected chi connectivity index (χ3v) is 2.56. The molecule has 0 aliphatic heterocycles. The van der Waals surface area contributed by atoms with Crippen LogP contribution in [0, 0.1) is 0 Å². The lowest BCUT2D eigenvalue weighted by Gasteiger charge is -2.14. The molecule has 0 aromatic carbocycles. The number of hydrogen-bond donors (Lipinski definition) is 1. The van der Waals surface area contributed by atoms with Crippen molar-refractivity contribution in [2.75, 3.05) is 12.4 Å². The summed E-state index contributed by atoms with van der Waals surface area (Å²) >= 11 is 5.90. The predicted molar refractivity (Wildman–Crippen MR) is 64.3 cm³/mol. The summed E-state index contributed by atoms with van der Waals surface area (Å²) in [7, 11) is 1.52. The number of rotatable bonds is 4. The number of nitrogens with zero attached hydrogens (tertiary/aromatic N) is 2. The van der Waals surface area contributed by atoms with E-state index in [-0.39, 0.29) is 11.2 Å². The molecule has 0 saturated carbocycles. The normalized spacial score (nSPS) is 12.2. The first-order chi connectivity index (χ1) is 8.22. The number of nitrogens with one attached hydrogen (secondary N) is 1. The van der Waals surface area contributed by atoms with Crippen LogP contribution in [-0.4, -0.2) is 17.1 Å². The summed E-state index contributed by atoms with van der Waals surface area (Å²) in [6, 6.07) is 3.68. The smallest absolute Gasteiger partial charge is 0.198 e. The Labute approximate surface area is 104 Å².